The van der Waals surface area contributed by atoms with Gasteiger partial charge in [-0.3, -0.25) is 14.4 Å². The molecule has 0 aliphatic carbocycles. The fraction of sp³-hybridized carbons (Fsp3) is 0.312. The van der Waals surface area contributed by atoms with Crippen LogP contribution in [0, 0.1) is 0 Å². The monoisotopic (exact) mass is 287 g/mol. The number of esters is 1. The van der Waals surface area contributed by atoms with Crippen molar-refractivity contribution >= 4 is 23.4 Å². The number of fused-ring (bicyclic) bond motifs is 1. The van der Waals surface area contributed by atoms with Crippen LogP contribution in [-0.2, 0) is 19.1 Å². The van der Waals surface area contributed by atoms with Crippen molar-refractivity contribution in [3.05, 3.63) is 41.6 Å². The summed E-state index contributed by atoms with van der Waals surface area (Å²) < 4.78 is 5.19. The van der Waals surface area contributed by atoms with Crippen molar-refractivity contribution in [1.29, 1.82) is 0 Å². The third-order valence-electron chi connectivity index (χ3n) is 3.28. The highest BCUT2D eigenvalue weighted by Crippen LogP contribution is 2.37. The van der Waals surface area contributed by atoms with Gasteiger partial charge >= 0.3 is 5.97 Å². The van der Waals surface area contributed by atoms with Gasteiger partial charge in [-0.15, -0.1) is 0 Å². The van der Waals surface area contributed by atoms with E-state index in [-0.39, 0.29) is 24.2 Å². The number of nitrogens with zero attached hydrogens (tertiary/aromatic N) is 1. The van der Waals surface area contributed by atoms with Crippen molar-refractivity contribution in [3.8, 4) is 0 Å². The molecule has 1 aromatic carbocycles. The molecule has 0 radical (unpaired) electrons. The van der Waals surface area contributed by atoms with Crippen LogP contribution in [0.3, 0.4) is 0 Å². The molecule has 1 heterocycles. The van der Waals surface area contributed by atoms with Crippen molar-refractivity contribution in [2.24, 2.45) is 0 Å². The minimum absolute atomic E-state index is 0.00890. The minimum atomic E-state index is -0.454. The maximum Gasteiger partial charge on any atom is 0.308 e. The van der Waals surface area contributed by atoms with Crippen LogP contribution < -0.4 is 0 Å². The van der Waals surface area contributed by atoms with E-state index in [0.717, 1.165) is 11.1 Å². The van der Waals surface area contributed by atoms with E-state index in [2.05, 4.69) is 0 Å². The predicted molar refractivity (Wildman–Crippen MR) is 76.7 cm³/mol. The third kappa shape index (κ3) is 3.18. The van der Waals surface area contributed by atoms with E-state index in [0.29, 0.717) is 5.76 Å². The molecule has 1 aliphatic rings. The highest BCUT2D eigenvalue weighted by molar-refractivity contribution is 5.85. The maximum absolute atomic E-state index is 11.9. The van der Waals surface area contributed by atoms with E-state index < -0.39 is 5.97 Å². The zero-order valence-corrected chi connectivity index (χ0v) is 12.3. The first-order valence-electron chi connectivity index (χ1n) is 6.68. The van der Waals surface area contributed by atoms with Gasteiger partial charge in [0.15, 0.2) is 5.76 Å². The zero-order valence-electron chi connectivity index (χ0n) is 12.3. The quantitative estimate of drug-likeness (QED) is 0.801. The molecule has 110 valence electrons. The molecule has 0 bridgehead atoms. The number of ether oxygens (including phenoxy) is 1. The summed E-state index contributed by atoms with van der Waals surface area (Å²) in [6, 6.07) is 6.95. The lowest BCUT2D eigenvalue weighted by Crippen LogP contribution is -2.33. The van der Waals surface area contributed by atoms with Crippen molar-refractivity contribution in [3.63, 3.8) is 0 Å². The number of hydrogen-bond donors (Lipinski definition) is 0. The molecule has 0 aromatic heterocycles. The highest BCUT2D eigenvalue weighted by Gasteiger charge is 2.31. The van der Waals surface area contributed by atoms with Crippen molar-refractivity contribution < 1.29 is 19.1 Å². The Kier molecular flexibility index (Phi) is 4.21. The van der Waals surface area contributed by atoms with Crippen LogP contribution in [0.1, 0.15) is 44.4 Å². The summed E-state index contributed by atoms with van der Waals surface area (Å²) in [6.45, 7) is 4.22. The zero-order chi connectivity index (χ0) is 15.6. The van der Waals surface area contributed by atoms with Crippen LogP contribution in [0.15, 0.2) is 30.5 Å². The minimum Gasteiger partial charge on any atom is -0.424 e. The Morgan fingerprint density at radius 3 is 2.38 bits per heavy atom. The molecule has 1 atom stereocenters. The second-order valence-corrected chi connectivity index (χ2v) is 5.02. The number of ketones is 1. The molecule has 5 nitrogen and oxygen atoms in total. The van der Waals surface area contributed by atoms with Gasteiger partial charge < -0.3 is 9.64 Å². The molecule has 21 heavy (non-hydrogen) atoms. The number of hydrogen-bond acceptors (Lipinski definition) is 4. The molecule has 0 N–H and O–H groups in total. The van der Waals surface area contributed by atoms with Crippen LogP contribution in [0.4, 0.5) is 0 Å². The van der Waals surface area contributed by atoms with E-state index >= 15 is 0 Å². The van der Waals surface area contributed by atoms with Gasteiger partial charge in [0.2, 0.25) is 5.91 Å². The fourth-order valence-electron chi connectivity index (χ4n) is 2.47. The molecular weight excluding hydrogens is 270 g/mol. The van der Waals surface area contributed by atoms with E-state index in [1.165, 1.54) is 31.9 Å². The van der Waals surface area contributed by atoms with Gasteiger partial charge in [0.1, 0.15) is 5.78 Å². The maximum atomic E-state index is 11.9. The molecule has 0 saturated carbocycles. The first-order chi connectivity index (χ1) is 9.90. The van der Waals surface area contributed by atoms with Gasteiger partial charge in [0, 0.05) is 25.8 Å². The molecule has 1 aliphatic heterocycles. The predicted octanol–water partition coefficient (Wildman–Crippen LogP) is 2.43. The molecule has 2 rings (SSSR count). The van der Waals surface area contributed by atoms with Crippen LogP contribution in [0.5, 0.6) is 0 Å². The molecule has 5 heteroatoms. The van der Waals surface area contributed by atoms with E-state index in [4.69, 9.17) is 4.74 Å². The largest absolute Gasteiger partial charge is 0.424 e. The average molecular weight is 287 g/mol. The van der Waals surface area contributed by atoms with Gasteiger partial charge in [-0.2, -0.15) is 0 Å². The van der Waals surface area contributed by atoms with E-state index in [1.54, 1.807) is 0 Å². The number of benzene rings is 1. The Labute approximate surface area is 123 Å². The molecule has 1 amide bonds. The summed E-state index contributed by atoms with van der Waals surface area (Å²) in [6.07, 6.45) is 1.72. The van der Waals surface area contributed by atoms with Gasteiger partial charge in [-0.25, -0.2) is 0 Å². The van der Waals surface area contributed by atoms with E-state index in [1.807, 2.05) is 24.3 Å². The van der Waals surface area contributed by atoms with Crippen molar-refractivity contribution in [2.75, 3.05) is 0 Å². The van der Waals surface area contributed by atoms with Gasteiger partial charge in [0.05, 0.1) is 12.2 Å². The number of carbonyl (C=O) groups excluding carboxylic acids is 3. The normalized spacial score (nSPS) is 16.8. The lowest BCUT2D eigenvalue weighted by Gasteiger charge is -2.33. The number of rotatable bonds is 3. The summed E-state index contributed by atoms with van der Waals surface area (Å²) >= 11 is 0. The van der Waals surface area contributed by atoms with Crippen molar-refractivity contribution in [1.82, 2.24) is 4.90 Å². The Bertz CT molecular complexity index is 633. The molecule has 1 unspecified atom stereocenters. The number of Topliss-reactive ketones (excluding diaryl/α,β-unsaturated/α-hetero) is 1. The summed E-state index contributed by atoms with van der Waals surface area (Å²) in [5.74, 6) is -0.344. The second-order valence-electron chi connectivity index (χ2n) is 5.02. The molecule has 0 fully saturated rings. The second kappa shape index (κ2) is 5.91. The average Bonchev–Trinajstić information content (AvgIpc) is 2.40. The summed E-state index contributed by atoms with van der Waals surface area (Å²) in [5.41, 5.74) is 1.54. The van der Waals surface area contributed by atoms with Gasteiger partial charge in [0.25, 0.3) is 0 Å². The standard InChI is InChI=1S/C16H17NO4/c1-10(18)8-15-13-6-4-5-7-14(13)16(21-12(3)20)9-17(15)11(2)19/h4-7,9,15H,8H2,1-3H3. The molecule has 1 aromatic rings. The topological polar surface area (TPSA) is 63.7 Å². The van der Waals surface area contributed by atoms with Crippen LogP contribution in [-0.4, -0.2) is 22.6 Å². The number of amides is 1. The lowest BCUT2D eigenvalue weighted by molar-refractivity contribution is -0.135. The fourth-order valence-corrected chi connectivity index (χ4v) is 2.47. The first-order valence-corrected chi connectivity index (χ1v) is 6.68. The smallest absolute Gasteiger partial charge is 0.308 e. The summed E-state index contributed by atoms with van der Waals surface area (Å²) in [4.78, 5) is 36.1. The van der Waals surface area contributed by atoms with Gasteiger partial charge in [-0.1, -0.05) is 24.3 Å². The Balaban J connectivity index is 2.54. The van der Waals surface area contributed by atoms with E-state index in [9.17, 15) is 14.4 Å². The lowest BCUT2D eigenvalue weighted by atomic mass is 9.91. The molecule has 0 saturated heterocycles. The number of carbonyl (C=O) groups is 3. The summed E-state index contributed by atoms with van der Waals surface area (Å²) in [7, 11) is 0. The Morgan fingerprint density at radius 2 is 1.81 bits per heavy atom. The Morgan fingerprint density at radius 1 is 1.14 bits per heavy atom. The van der Waals surface area contributed by atoms with Crippen LogP contribution >= 0.6 is 0 Å². The first kappa shape index (κ1) is 15.0. The van der Waals surface area contributed by atoms with Crippen molar-refractivity contribution in [2.45, 2.75) is 33.2 Å². The SMILES string of the molecule is CC(=O)CC1c2ccccc2C(OC(C)=O)=CN1C(C)=O. The highest BCUT2D eigenvalue weighted by atomic mass is 16.5. The summed E-state index contributed by atoms with van der Waals surface area (Å²) in [5, 5.41) is 0. The van der Waals surface area contributed by atoms with Gasteiger partial charge in [-0.05, 0) is 12.5 Å². The van der Waals surface area contributed by atoms with Crippen LogP contribution in [0.2, 0.25) is 0 Å². The molecule has 0 spiro atoms. The molecular formula is C16H17NO4. The van der Waals surface area contributed by atoms with Crippen LogP contribution in [0.25, 0.3) is 5.76 Å². The third-order valence-corrected chi connectivity index (χ3v) is 3.28. The Hall–Kier alpha value is -2.43.